The summed E-state index contributed by atoms with van der Waals surface area (Å²) < 4.78 is 27.0. The molecule has 1 fully saturated rings. The van der Waals surface area contributed by atoms with E-state index in [4.69, 9.17) is 9.47 Å². The van der Waals surface area contributed by atoms with E-state index in [2.05, 4.69) is 0 Å². The number of thioether (sulfide) groups is 1. The molecule has 8 heteroatoms. The average Bonchev–Trinajstić information content (AvgIpc) is 2.62. The van der Waals surface area contributed by atoms with Gasteiger partial charge in [-0.15, -0.1) is 0 Å². The number of esters is 1. The van der Waals surface area contributed by atoms with E-state index in [1.807, 2.05) is 16.4 Å². The van der Waals surface area contributed by atoms with Crippen molar-refractivity contribution in [1.29, 1.82) is 0 Å². The van der Waals surface area contributed by atoms with Crippen molar-refractivity contribution in [2.24, 2.45) is 0 Å². The van der Waals surface area contributed by atoms with Gasteiger partial charge in [0.1, 0.15) is 11.4 Å². The molecule has 0 radical (unpaired) electrons. The minimum atomic E-state index is -0.653. The third-order valence-corrected chi connectivity index (χ3v) is 5.88. The van der Waals surface area contributed by atoms with E-state index in [0.29, 0.717) is 42.5 Å². The maximum atomic E-state index is 14.8. The molecule has 0 bridgehead atoms. The first-order chi connectivity index (χ1) is 12.5. The second-order valence-electron chi connectivity index (χ2n) is 6.24. The number of aromatic nitrogens is 1. The van der Waals surface area contributed by atoms with Crippen LogP contribution in [0.5, 0.6) is 0 Å². The van der Waals surface area contributed by atoms with Crippen LogP contribution in [0.3, 0.4) is 0 Å². The Hall–Kier alpha value is -2.06. The van der Waals surface area contributed by atoms with Gasteiger partial charge in [0.25, 0.3) is 0 Å². The maximum absolute atomic E-state index is 14.8. The minimum absolute atomic E-state index is 0.000900. The summed E-state index contributed by atoms with van der Waals surface area (Å²) in [5, 5.41) is 0.857. The van der Waals surface area contributed by atoms with Crippen molar-refractivity contribution in [3.8, 4) is 0 Å². The van der Waals surface area contributed by atoms with Crippen molar-refractivity contribution >= 4 is 34.3 Å². The largest absolute Gasteiger partial charge is 0.462 e. The first-order valence-corrected chi connectivity index (χ1v) is 9.49. The summed E-state index contributed by atoms with van der Waals surface area (Å²) >= 11 is 1.44. The summed E-state index contributed by atoms with van der Waals surface area (Å²) in [4.78, 5) is 27.0. The molecule has 0 amide bonds. The molecule has 3 heterocycles. The number of carbonyl (C=O) groups excluding carboxylic acids is 1. The molecule has 0 aliphatic carbocycles. The fraction of sp³-hybridized carbons (Fsp3) is 0.444. The van der Waals surface area contributed by atoms with Gasteiger partial charge in [0.2, 0.25) is 5.43 Å². The average molecular weight is 378 g/mol. The zero-order valence-electron chi connectivity index (χ0n) is 14.6. The predicted octanol–water partition coefficient (Wildman–Crippen LogP) is 2.78. The monoisotopic (exact) mass is 378 g/mol. The number of nitrogens with zero attached hydrogens (tertiary/aromatic N) is 2. The van der Waals surface area contributed by atoms with Crippen LogP contribution >= 0.6 is 11.8 Å². The summed E-state index contributed by atoms with van der Waals surface area (Å²) in [5.41, 5.74) is 0.632. The summed E-state index contributed by atoms with van der Waals surface area (Å²) in [6.45, 7) is 6.14. The first kappa shape index (κ1) is 17.4. The molecule has 2 aliphatic heterocycles. The highest BCUT2D eigenvalue weighted by Gasteiger charge is 2.34. The van der Waals surface area contributed by atoms with Crippen LogP contribution in [-0.4, -0.2) is 43.4 Å². The lowest BCUT2D eigenvalue weighted by molar-refractivity contribution is 0.0518. The molecule has 2 aliphatic rings. The fourth-order valence-electron chi connectivity index (χ4n) is 3.47. The van der Waals surface area contributed by atoms with Gasteiger partial charge in [-0.05, 0) is 26.0 Å². The van der Waals surface area contributed by atoms with E-state index in [-0.39, 0.29) is 22.9 Å². The molecular weight excluding hydrogens is 359 g/mol. The van der Waals surface area contributed by atoms with Crippen molar-refractivity contribution in [2.45, 2.75) is 24.2 Å². The molecule has 1 aromatic carbocycles. The standard InChI is InChI=1S/C18H19FN2O4S/c1-3-25-18(23)15-16(22)11-8-12(19)14(20-4-6-24-7-5-20)9-13(11)21-10(2)26-17(15)21/h8-10H,3-7H2,1-2H3. The van der Waals surface area contributed by atoms with Crippen LogP contribution in [0.1, 0.15) is 29.6 Å². The Labute approximate surface area is 153 Å². The number of benzene rings is 1. The van der Waals surface area contributed by atoms with Crippen LogP contribution in [-0.2, 0) is 9.47 Å². The van der Waals surface area contributed by atoms with Crippen LogP contribution in [0.2, 0.25) is 0 Å². The van der Waals surface area contributed by atoms with Crippen LogP contribution in [0.15, 0.2) is 22.0 Å². The smallest absolute Gasteiger partial charge is 0.344 e. The normalized spacial score (nSPS) is 19.2. The molecule has 4 rings (SSSR count). The second kappa shape index (κ2) is 6.59. The van der Waals surface area contributed by atoms with Crippen LogP contribution < -0.4 is 10.3 Å². The molecule has 1 unspecified atom stereocenters. The van der Waals surface area contributed by atoms with E-state index in [1.165, 1.54) is 17.8 Å². The number of fused-ring (bicyclic) bond motifs is 3. The zero-order valence-corrected chi connectivity index (χ0v) is 15.4. The zero-order chi connectivity index (χ0) is 18.4. The quantitative estimate of drug-likeness (QED) is 0.766. The Kier molecular flexibility index (Phi) is 4.40. The molecule has 1 atom stereocenters. The molecule has 1 aromatic heterocycles. The van der Waals surface area contributed by atoms with Gasteiger partial charge in [-0.1, -0.05) is 11.8 Å². The number of pyridine rings is 1. The molecule has 1 saturated heterocycles. The summed E-state index contributed by atoms with van der Waals surface area (Å²) in [5.74, 6) is -1.12. The highest BCUT2D eigenvalue weighted by molar-refractivity contribution is 8.00. The van der Waals surface area contributed by atoms with Crippen LogP contribution in [0.25, 0.3) is 10.9 Å². The molecule has 2 aromatic rings. The van der Waals surface area contributed by atoms with E-state index < -0.39 is 17.2 Å². The van der Waals surface area contributed by atoms with Gasteiger partial charge in [0.15, 0.2) is 0 Å². The lowest BCUT2D eigenvalue weighted by Gasteiger charge is -2.34. The van der Waals surface area contributed by atoms with Crippen molar-refractivity contribution < 1.29 is 18.7 Å². The topological polar surface area (TPSA) is 60.8 Å². The lowest BCUT2D eigenvalue weighted by atomic mass is 10.1. The lowest BCUT2D eigenvalue weighted by Crippen LogP contribution is -2.37. The van der Waals surface area contributed by atoms with E-state index in [0.717, 1.165) is 0 Å². The highest BCUT2D eigenvalue weighted by atomic mass is 32.2. The molecule has 0 spiro atoms. The number of ether oxygens (including phenoxy) is 2. The Morgan fingerprint density at radius 3 is 2.77 bits per heavy atom. The molecule has 138 valence electrons. The van der Waals surface area contributed by atoms with E-state index >= 15 is 0 Å². The summed E-state index contributed by atoms with van der Waals surface area (Å²) in [6, 6.07) is 2.96. The number of hydrogen-bond donors (Lipinski definition) is 0. The van der Waals surface area contributed by atoms with Crippen molar-refractivity contribution in [1.82, 2.24) is 4.57 Å². The molecule has 0 saturated carbocycles. The first-order valence-electron chi connectivity index (χ1n) is 8.61. The predicted molar refractivity (Wildman–Crippen MR) is 97.7 cm³/mol. The number of morpholine rings is 1. The summed E-state index contributed by atoms with van der Waals surface area (Å²) in [6.07, 6.45) is 0. The number of anilines is 1. The Bertz CT molecular complexity index is 953. The third-order valence-electron chi connectivity index (χ3n) is 4.71. The third kappa shape index (κ3) is 2.59. The fourth-order valence-corrected chi connectivity index (χ4v) is 4.62. The Morgan fingerprint density at radius 1 is 1.38 bits per heavy atom. The number of hydrogen-bond acceptors (Lipinski definition) is 6. The van der Waals surface area contributed by atoms with Gasteiger partial charge in [-0.25, -0.2) is 9.18 Å². The van der Waals surface area contributed by atoms with Crippen LogP contribution in [0.4, 0.5) is 10.1 Å². The van der Waals surface area contributed by atoms with E-state index in [9.17, 15) is 14.0 Å². The van der Waals surface area contributed by atoms with Gasteiger partial charge >= 0.3 is 5.97 Å². The van der Waals surface area contributed by atoms with Crippen molar-refractivity contribution in [3.63, 3.8) is 0 Å². The number of carbonyl (C=O) groups is 1. The molecule has 0 N–H and O–H groups in total. The van der Waals surface area contributed by atoms with Gasteiger partial charge in [-0.3, -0.25) is 4.79 Å². The molecular formula is C18H19FN2O4S. The number of halogens is 1. The highest BCUT2D eigenvalue weighted by Crippen LogP contribution is 2.46. The van der Waals surface area contributed by atoms with Crippen molar-refractivity contribution in [3.05, 3.63) is 33.7 Å². The summed E-state index contributed by atoms with van der Waals surface area (Å²) in [7, 11) is 0. The van der Waals surface area contributed by atoms with Crippen LogP contribution in [0, 0.1) is 5.82 Å². The Balaban J connectivity index is 1.93. The Morgan fingerprint density at radius 2 is 2.12 bits per heavy atom. The maximum Gasteiger partial charge on any atom is 0.344 e. The molecule has 6 nitrogen and oxygen atoms in total. The number of rotatable bonds is 3. The van der Waals surface area contributed by atoms with Crippen molar-refractivity contribution in [2.75, 3.05) is 37.8 Å². The van der Waals surface area contributed by atoms with Gasteiger partial charge in [0.05, 0.1) is 41.4 Å². The van der Waals surface area contributed by atoms with E-state index in [1.54, 1.807) is 13.0 Å². The SMILES string of the molecule is CCOC(=O)c1c2n(c3cc(N4CCOCC4)c(F)cc3c1=O)C(C)S2. The molecule has 26 heavy (non-hydrogen) atoms. The minimum Gasteiger partial charge on any atom is -0.462 e. The van der Waals surface area contributed by atoms with Gasteiger partial charge in [0, 0.05) is 18.5 Å². The second-order valence-corrected chi connectivity index (χ2v) is 7.54. The van der Waals surface area contributed by atoms with Gasteiger partial charge < -0.3 is 18.9 Å². The van der Waals surface area contributed by atoms with Gasteiger partial charge in [-0.2, -0.15) is 0 Å².